The fraction of sp³-hybridized carbons (Fsp3) is 0.258. The second-order valence-electron chi connectivity index (χ2n) is 10.1. The van der Waals surface area contributed by atoms with E-state index in [2.05, 4.69) is 27.8 Å². The molecule has 1 fully saturated rings. The number of nitriles is 1. The largest absolute Gasteiger partial charge is 0.341 e. The number of piperidine rings is 1. The first-order valence-electron chi connectivity index (χ1n) is 13.5. The van der Waals surface area contributed by atoms with Gasteiger partial charge in [-0.3, -0.25) is 13.9 Å². The third-order valence-corrected chi connectivity index (χ3v) is 7.41. The second kappa shape index (κ2) is 10.8. The maximum Gasteiger partial charge on any atom is 0.337 e. The number of imidazole rings is 1. The Balaban J connectivity index is 1.65. The summed E-state index contributed by atoms with van der Waals surface area (Å²) in [4.78, 5) is 40.0. The number of hydrogen-bond acceptors (Lipinski definition) is 7. The number of nitrogens with two attached hydrogens (primary N) is 1. The molecule has 41 heavy (non-hydrogen) atoms. The minimum atomic E-state index is -0.569. The van der Waals surface area contributed by atoms with Crippen molar-refractivity contribution >= 4 is 28.0 Å². The highest BCUT2D eigenvalue weighted by Crippen LogP contribution is 2.25. The summed E-state index contributed by atoms with van der Waals surface area (Å²) in [6.45, 7) is 3.09. The number of fused-ring (bicyclic) bond motifs is 2. The Labute approximate surface area is 235 Å². The number of nitrogens with zero attached hydrogens (tertiary/aromatic N) is 7. The van der Waals surface area contributed by atoms with E-state index in [1.165, 1.54) is 4.57 Å². The number of aromatic nitrogens is 5. The highest BCUT2D eigenvalue weighted by molar-refractivity contribution is 5.80. The molecular formula is C31H28N8O2. The molecule has 3 aromatic heterocycles. The van der Waals surface area contributed by atoms with Crippen LogP contribution in [-0.4, -0.2) is 42.8 Å². The molecule has 2 N–H and O–H groups in total. The van der Waals surface area contributed by atoms with Crippen LogP contribution < -0.4 is 21.9 Å². The molecule has 2 aromatic carbocycles. The van der Waals surface area contributed by atoms with Crippen LogP contribution in [0, 0.1) is 23.2 Å². The van der Waals surface area contributed by atoms with Crippen LogP contribution in [0.25, 0.3) is 27.8 Å². The zero-order chi connectivity index (χ0) is 28.5. The molecule has 10 nitrogen and oxygen atoms in total. The van der Waals surface area contributed by atoms with Crippen LogP contribution in [0.15, 0.2) is 70.3 Å². The third kappa shape index (κ3) is 4.65. The molecular weight excluding hydrogens is 516 g/mol. The first-order valence-corrected chi connectivity index (χ1v) is 13.5. The molecule has 1 unspecified atom stereocenters. The van der Waals surface area contributed by atoms with Gasteiger partial charge in [-0.25, -0.2) is 14.3 Å². The van der Waals surface area contributed by atoms with Crippen LogP contribution in [0.4, 0.5) is 5.95 Å². The molecule has 1 atom stereocenters. The standard InChI is InChI=1S/C31H28N8O2/c1-2-3-16-37-27-28(35-30(37)36-15-9-11-23(33)19-36)39(24-12-5-4-6-13-24)31(41)38(29(27)40)20-26-22(18-32)17-21-10-7-8-14-25(21)34-26/h4-8,10,12-14,17,23H,9,11,15-16,19-20,33H2,1H3. The Morgan fingerprint density at radius 3 is 2.59 bits per heavy atom. The summed E-state index contributed by atoms with van der Waals surface area (Å²) in [6, 6.07) is 20.4. The van der Waals surface area contributed by atoms with Gasteiger partial charge in [0.05, 0.1) is 35.6 Å². The van der Waals surface area contributed by atoms with Crippen molar-refractivity contribution in [1.29, 1.82) is 5.26 Å². The number of hydrogen-bond donors (Lipinski definition) is 1. The summed E-state index contributed by atoms with van der Waals surface area (Å²) in [5, 5.41) is 10.7. The van der Waals surface area contributed by atoms with Crippen molar-refractivity contribution in [1.82, 2.24) is 23.7 Å². The van der Waals surface area contributed by atoms with E-state index in [0.717, 1.165) is 29.3 Å². The van der Waals surface area contributed by atoms with E-state index in [9.17, 15) is 14.9 Å². The van der Waals surface area contributed by atoms with Gasteiger partial charge in [0, 0.05) is 24.5 Å². The molecule has 4 heterocycles. The van der Waals surface area contributed by atoms with Crippen molar-refractivity contribution in [2.75, 3.05) is 18.0 Å². The van der Waals surface area contributed by atoms with Crippen molar-refractivity contribution in [3.8, 4) is 23.6 Å². The molecule has 5 aromatic rings. The Hall–Kier alpha value is -5.19. The van der Waals surface area contributed by atoms with Crippen molar-refractivity contribution in [2.45, 2.75) is 38.9 Å². The summed E-state index contributed by atoms with van der Waals surface area (Å²) in [6.07, 6.45) is 1.80. The molecule has 10 heteroatoms. The Morgan fingerprint density at radius 2 is 1.83 bits per heavy atom. The molecule has 1 saturated heterocycles. The van der Waals surface area contributed by atoms with Gasteiger partial charge in [0.15, 0.2) is 11.2 Å². The topological polar surface area (TPSA) is 128 Å². The van der Waals surface area contributed by atoms with Gasteiger partial charge >= 0.3 is 5.69 Å². The molecule has 0 bridgehead atoms. The average molecular weight is 545 g/mol. The van der Waals surface area contributed by atoms with E-state index in [0.29, 0.717) is 35.0 Å². The van der Waals surface area contributed by atoms with Crippen LogP contribution in [0.1, 0.15) is 31.0 Å². The molecule has 204 valence electrons. The summed E-state index contributed by atoms with van der Waals surface area (Å²) >= 11 is 0. The minimum Gasteiger partial charge on any atom is -0.341 e. The number of para-hydroxylation sites is 2. The fourth-order valence-electron chi connectivity index (χ4n) is 5.43. The SMILES string of the molecule is CC#CCn1c(N2CCCC(N)C2)nc2c1c(=O)n(Cc1nc3ccccc3cc1C#N)c(=O)n2-c1ccccc1. The Kier molecular flexibility index (Phi) is 6.84. The summed E-state index contributed by atoms with van der Waals surface area (Å²) in [5.41, 5.74) is 7.59. The molecule has 0 aliphatic carbocycles. The second-order valence-corrected chi connectivity index (χ2v) is 10.1. The molecule has 1 aliphatic heterocycles. The van der Waals surface area contributed by atoms with Gasteiger partial charge in [0.25, 0.3) is 5.56 Å². The van der Waals surface area contributed by atoms with Crippen molar-refractivity contribution in [3.05, 3.63) is 92.8 Å². The Morgan fingerprint density at radius 1 is 1.05 bits per heavy atom. The van der Waals surface area contributed by atoms with Crippen LogP contribution in [-0.2, 0) is 13.1 Å². The monoisotopic (exact) mass is 544 g/mol. The van der Waals surface area contributed by atoms with Crippen LogP contribution >= 0.6 is 0 Å². The van der Waals surface area contributed by atoms with Crippen molar-refractivity contribution in [3.63, 3.8) is 0 Å². The van der Waals surface area contributed by atoms with Crippen LogP contribution in [0.5, 0.6) is 0 Å². The predicted octanol–water partition coefficient (Wildman–Crippen LogP) is 2.77. The maximum atomic E-state index is 14.2. The Bertz CT molecular complexity index is 2000. The van der Waals surface area contributed by atoms with E-state index >= 15 is 0 Å². The van der Waals surface area contributed by atoms with Crippen LogP contribution in [0.2, 0.25) is 0 Å². The highest BCUT2D eigenvalue weighted by atomic mass is 16.2. The first-order chi connectivity index (χ1) is 20.0. The van der Waals surface area contributed by atoms with E-state index in [1.54, 1.807) is 29.7 Å². The third-order valence-electron chi connectivity index (χ3n) is 7.41. The van der Waals surface area contributed by atoms with Gasteiger partial charge in [-0.05, 0) is 44.0 Å². The fourth-order valence-corrected chi connectivity index (χ4v) is 5.43. The highest BCUT2D eigenvalue weighted by Gasteiger charge is 2.27. The number of rotatable bonds is 5. The zero-order valence-corrected chi connectivity index (χ0v) is 22.6. The average Bonchev–Trinajstić information content (AvgIpc) is 3.37. The molecule has 1 aliphatic rings. The quantitative estimate of drug-likeness (QED) is 0.337. The smallest absolute Gasteiger partial charge is 0.337 e. The van der Waals surface area contributed by atoms with Gasteiger partial charge in [-0.1, -0.05) is 42.3 Å². The lowest BCUT2D eigenvalue weighted by molar-refractivity contribution is 0.496. The predicted molar refractivity (Wildman–Crippen MR) is 158 cm³/mol. The van der Waals surface area contributed by atoms with Gasteiger partial charge in [0.1, 0.15) is 6.07 Å². The van der Waals surface area contributed by atoms with Crippen molar-refractivity contribution in [2.24, 2.45) is 5.73 Å². The number of pyridine rings is 1. The minimum absolute atomic E-state index is 0.0226. The lowest BCUT2D eigenvalue weighted by atomic mass is 10.1. The summed E-state index contributed by atoms with van der Waals surface area (Å²) < 4.78 is 4.37. The lowest BCUT2D eigenvalue weighted by Gasteiger charge is -2.31. The van der Waals surface area contributed by atoms with Crippen molar-refractivity contribution < 1.29 is 0 Å². The maximum absolute atomic E-state index is 14.2. The van der Waals surface area contributed by atoms with Gasteiger partial charge in [-0.15, -0.1) is 5.92 Å². The molecule has 6 rings (SSSR count). The number of benzene rings is 2. The molecule has 0 amide bonds. The number of anilines is 1. The van der Waals surface area contributed by atoms with E-state index in [-0.39, 0.29) is 30.3 Å². The normalized spacial score (nSPS) is 15.0. The van der Waals surface area contributed by atoms with Gasteiger partial charge < -0.3 is 10.6 Å². The molecule has 0 saturated carbocycles. The summed E-state index contributed by atoms with van der Waals surface area (Å²) in [7, 11) is 0. The molecule has 0 spiro atoms. The summed E-state index contributed by atoms with van der Waals surface area (Å²) in [5.74, 6) is 6.53. The first kappa shape index (κ1) is 26.1. The molecule has 0 radical (unpaired) electrons. The van der Waals surface area contributed by atoms with E-state index in [1.807, 2.05) is 42.5 Å². The van der Waals surface area contributed by atoms with E-state index < -0.39 is 11.2 Å². The van der Waals surface area contributed by atoms with Crippen LogP contribution in [0.3, 0.4) is 0 Å². The van der Waals surface area contributed by atoms with E-state index in [4.69, 9.17) is 10.7 Å². The lowest BCUT2D eigenvalue weighted by Crippen LogP contribution is -2.44. The zero-order valence-electron chi connectivity index (χ0n) is 22.6. The van der Waals surface area contributed by atoms with Gasteiger partial charge in [-0.2, -0.15) is 10.2 Å². The van der Waals surface area contributed by atoms with Gasteiger partial charge in [0.2, 0.25) is 5.95 Å².